The van der Waals surface area contributed by atoms with Crippen LogP contribution < -0.4 is 11.1 Å². The molecule has 0 spiro atoms. The van der Waals surface area contributed by atoms with Crippen molar-refractivity contribution in [3.63, 3.8) is 0 Å². The van der Waals surface area contributed by atoms with E-state index in [0.29, 0.717) is 18.8 Å². The van der Waals surface area contributed by atoms with Gasteiger partial charge in [-0.25, -0.2) is 0 Å². The Labute approximate surface area is 100 Å². The van der Waals surface area contributed by atoms with Crippen molar-refractivity contribution in [2.75, 3.05) is 25.9 Å². The maximum absolute atomic E-state index is 11.9. The van der Waals surface area contributed by atoms with Crippen LogP contribution in [0.25, 0.3) is 0 Å². The highest BCUT2D eigenvalue weighted by Gasteiger charge is 2.31. The van der Waals surface area contributed by atoms with Gasteiger partial charge in [0.2, 0.25) is 5.91 Å². The highest BCUT2D eigenvalue weighted by molar-refractivity contribution is 8.14. The minimum Gasteiger partial charge on any atom is -0.343 e. The zero-order chi connectivity index (χ0) is 12.3. The lowest BCUT2D eigenvalue weighted by Gasteiger charge is -2.30. The van der Waals surface area contributed by atoms with Crippen LogP contribution in [-0.2, 0) is 4.79 Å². The minimum atomic E-state index is -0.379. The predicted octanol–water partition coefficient (Wildman–Crippen LogP) is 0.255. The number of nitrogens with two attached hydrogens (primary N) is 1. The van der Waals surface area contributed by atoms with E-state index in [1.165, 1.54) is 0 Å². The second-order valence-electron chi connectivity index (χ2n) is 4.86. The van der Waals surface area contributed by atoms with Crippen LogP contribution in [0.4, 0.5) is 4.79 Å². The van der Waals surface area contributed by atoms with E-state index >= 15 is 0 Å². The fourth-order valence-corrected chi connectivity index (χ4v) is 2.34. The maximum atomic E-state index is 11.9. The molecule has 1 rings (SSSR count). The molecule has 92 valence electrons. The molecule has 0 saturated carbocycles. The highest BCUT2D eigenvalue weighted by Crippen LogP contribution is 2.18. The summed E-state index contributed by atoms with van der Waals surface area (Å²) in [5.41, 5.74) is 5.52. The molecule has 1 heterocycles. The van der Waals surface area contributed by atoms with Crippen molar-refractivity contribution >= 4 is 22.9 Å². The van der Waals surface area contributed by atoms with Crippen LogP contribution in [0.5, 0.6) is 0 Å². The SMILES string of the molecule is CN(CC(C)(C)CN)C(=O)C1CSC(=O)N1. The van der Waals surface area contributed by atoms with Gasteiger partial charge in [0.05, 0.1) is 0 Å². The molecule has 16 heavy (non-hydrogen) atoms. The molecule has 0 bridgehead atoms. The largest absolute Gasteiger partial charge is 0.343 e. The Hall–Kier alpha value is -0.750. The maximum Gasteiger partial charge on any atom is 0.279 e. The number of carbonyl (C=O) groups is 2. The van der Waals surface area contributed by atoms with Crippen LogP contribution in [0, 0.1) is 5.41 Å². The van der Waals surface area contributed by atoms with E-state index in [9.17, 15) is 9.59 Å². The lowest BCUT2D eigenvalue weighted by atomic mass is 9.93. The minimum absolute atomic E-state index is 0.0418. The molecule has 2 amide bonds. The van der Waals surface area contributed by atoms with Gasteiger partial charge >= 0.3 is 0 Å². The summed E-state index contributed by atoms with van der Waals surface area (Å²) in [4.78, 5) is 24.6. The van der Waals surface area contributed by atoms with Crippen LogP contribution in [0.2, 0.25) is 0 Å². The number of thioether (sulfide) groups is 1. The number of hydrogen-bond donors (Lipinski definition) is 2. The van der Waals surface area contributed by atoms with Gasteiger partial charge in [0.1, 0.15) is 6.04 Å². The summed E-state index contributed by atoms with van der Waals surface area (Å²) in [6.45, 7) is 5.15. The number of amides is 2. The third kappa shape index (κ3) is 3.38. The van der Waals surface area contributed by atoms with Gasteiger partial charge in [0, 0.05) is 19.3 Å². The van der Waals surface area contributed by atoms with Gasteiger partial charge < -0.3 is 16.0 Å². The molecule has 0 aromatic heterocycles. The van der Waals surface area contributed by atoms with Crippen molar-refractivity contribution in [1.29, 1.82) is 0 Å². The summed E-state index contributed by atoms with van der Waals surface area (Å²) in [6, 6.07) is -0.379. The molecule has 0 aliphatic carbocycles. The summed E-state index contributed by atoms with van der Waals surface area (Å²) >= 11 is 1.15. The first-order valence-corrected chi connectivity index (χ1v) is 6.22. The molecule has 5 nitrogen and oxygen atoms in total. The first-order valence-electron chi connectivity index (χ1n) is 5.24. The van der Waals surface area contributed by atoms with E-state index in [4.69, 9.17) is 5.73 Å². The lowest BCUT2D eigenvalue weighted by molar-refractivity contribution is -0.132. The van der Waals surface area contributed by atoms with E-state index in [1.807, 2.05) is 13.8 Å². The third-order valence-corrected chi connectivity index (χ3v) is 3.45. The Bertz CT molecular complexity index is 294. The summed E-state index contributed by atoms with van der Waals surface area (Å²) in [5.74, 6) is 0.477. The summed E-state index contributed by atoms with van der Waals surface area (Å²) < 4.78 is 0. The molecule has 0 radical (unpaired) electrons. The molecule has 6 heteroatoms. The molecule has 1 aliphatic rings. The first kappa shape index (κ1) is 13.3. The van der Waals surface area contributed by atoms with Crippen molar-refractivity contribution in [2.45, 2.75) is 19.9 Å². The Morgan fingerprint density at radius 1 is 1.69 bits per heavy atom. The monoisotopic (exact) mass is 245 g/mol. The third-order valence-electron chi connectivity index (χ3n) is 2.57. The van der Waals surface area contributed by atoms with Gasteiger partial charge in [-0.1, -0.05) is 25.6 Å². The van der Waals surface area contributed by atoms with Crippen molar-refractivity contribution in [1.82, 2.24) is 10.2 Å². The number of likely N-dealkylation sites (N-methyl/N-ethyl adjacent to an activating group) is 1. The molecule has 1 aliphatic heterocycles. The van der Waals surface area contributed by atoms with Crippen molar-refractivity contribution in [3.8, 4) is 0 Å². The van der Waals surface area contributed by atoms with Gasteiger partial charge in [0.25, 0.3) is 5.24 Å². The first-order chi connectivity index (χ1) is 7.35. The van der Waals surface area contributed by atoms with E-state index < -0.39 is 0 Å². The van der Waals surface area contributed by atoms with Crippen molar-refractivity contribution < 1.29 is 9.59 Å². The van der Waals surface area contributed by atoms with Gasteiger partial charge in [-0.3, -0.25) is 9.59 Å². The normalized spacial score (nSPS) is 20.8. The average molecular weight is 245 g/mol. The number of hydrogen-bond acceptors (Lipinski definition) is 4. The Kier molecular flexibility index (Phi) is 4.21. The molecule has 0 aromatic carbocycles. The zero-order valence-electron chi connectivity index (χ0n) is 9.95. The predicted molar refractivity (Wildman–Crippen MR) is 65.3 cm³/mol. The van der Waals surface area contributed by atoms with Crippen molar-refractivity contribution in [2.24, 2.45) is 11.1 Å². The Balaban J connectivity index is 2.51. The number of carbonyl (C=O) groups excluding carboxylic acids is 2. The smallest absolute Gasteiger partial charge is 0.279 e. The molecule has 0 aromatic rings. The molecular weight excluding hydrogens is 226 g/mol. The van der Waals surface area contributed by atoms with Crippen LogP contribution in [0.3, 0.4) is 0 Å². The number of nitrogens with zero attached hydrogens (tertiary/aromatic N) is 1. The highest BCUT2D eigenvalue weighted by atomic mass is 32.2. The van der Waals surface area contributed by atoms with E-state index in [0.717, 1.165) is 11.8 Å². The van der Waals surface area contributed by atoms with Gasteiger partial charge in [-0.15, -0.1) is 0 Å². The summed E-state index contributed by atoms with van der Waals surface area (Å²) in [7, 11) is 1.74. The standard InChI is InChI=1S/C10H19N3O2S/c1-10(2,5-11)6-13(3)8(14)7-4-16-9(15)12-7/h7H,4-6,11H2,1-3H3,(H,12,15). The summed E-state index contributed by atoms with van der Waals surface area (Å²) in [6.07, 6.45) is 0. The molecule has 1 fully saturated rings. The van der Waals surface area contributed by atoms with Gasteiger partial charge in [-0.05, 0) is 12.0 Å². The second kappa shape index (κ2) is 5.05. The molecule has 3 N–H and O–H groups in total. The van der Waals surface area contributed by atoms with E-state index in [-0.39, 0.29) is 22.6 Å². The molecule has 1 unspecified atom stereocenters. The Morgan fingerprint density at radius 3 is 2.75 bits per heavy atom. The van der Waals surface area contributed by atoms with Crippen LogP contribution in [-0.4, -0.2) is 48.0 Å². The number of nitrogens with one attached hydrogen (secondary N) is 1. The fraction of sp³-hybridized carbons (Fsp3) is 0.800. The van der Waals surface area contributed by atoms with Crippen molar-refractivity contribution in [3.05, 3.63) is 0 Å². The quantitative estimate of drug-likeness (QED) is 0.744. The fourth-order valence-electron chi connectivity index (χ4n) is 1.57. The number of rotatable bonds is 4. The summed E-state index contributed by atoms with van der Waals surface area (Å²) in [5, 5.41) is 2.52. The molecule has 1 saturated heterocycles. The van der Waals surface area contributed by atoms with Crippen LogP contribution in [0.1, 0.15) is 13.8 Å². The molecule has 1 atom stereocenters. The van der Waals surface area contributed by atoms with E-state index in [1.54, 1.807) is 11.9 Å². The average Bonchev–Trinajstić information content (AvgIpc) is 2.63. The zero-order valence-corrected chi connectivity index (χ0v) is 10.8. The van der Waals surface area contributed by atoms with Crippen LogP contribution in [0.15, 0.2) is 0 Å². The molecular formula is C10H19N3O2S. The Morgan fingerprint density at radius 2 is 2.31 bits per heavy atom. The second-order valence-corrected chi connectivity index (χ2v) is 5.85. The van der Waals surface area contributed by atoms with Gasteiger partial charge in [-0.2, -0.15) is 0 Å². The van der Waals surface area contributed by atoms with Gasteiger partial charge in [0.15, 0.2) is 0 Å². The lowest BCUT2D eigenvalue weighted by Crippen LogP contribution is -2.47. The van der Waals surface area contributed by atoms with Crippen LogP contribution >= 0.6 is 11.8 Å². The topological polar surface area (TPSA) is 75.4 Å². The van der Waals surface area contributed by atoms with E-state index in [2.05, 4.69) is 5.32 Å².